The average Bonchev–Trinajstić information content (AvgIpc) is 2.71. The fourth-order valence-corrected chi connectivity index (χ4v) is 3.49. The summed E-state index contributed by atoms with van der Waals surface area (Å²) in [5.74, 6) is -0.413. The van der Waals surface area contributed by atoms with Crippen molar-refractivity contribution in [2.75, 3.05) is 5.32 Å². The van der Waals surface area contributed by atoms with Crippen LogP contribution in [0.3, 0.4) is 0 Å². The average molecular weight is 434 g/mol. The Labute approximate surface area is 156 Å². The van der Waals surface area contributed by atoms with Crippen LogP contribution in [-0.4, -0.2) is 26.2 Å². The van der Waals surface area contributed by atoms with Crippen LogP contribution in [0.25, 0.3) is 11.0 Å². The fraction of sp³-hybridized carbons (Fsp3) is 0.529. The summed E-state index contributed by atoms with van der Waals surface area (Å²) in [6.07, 6.45) is -2.14. The molecule has 1 aromatic heterocycles. The van der Waals surface area contributed by atoms with E-state index in [4.69, 9.17) is 0 Å². The van der Waals surface area contributed by atoms with Crippen LogP contribution in [0.1, 0.15) is 51.1 Å². The number of hydrogen-bond donors (Lipinski definition) is 2. The molecule has 142 valence electrons. The quantitative estimate of drug-likeness (QED) is 0.737. The van der Waals surface area contributed by atoms with Crippen molar-refractivity contribution < 1.29 is 23.1 Å². The summed E-state index contributed by atoms with van der Waals surface area (Å²) in [4.78, 5) is 16.3. The van der Waals surface area contributed by atoms with Crippen LogP contribution in [0.2, 0.25) is 0 Å². The predicted molar refractivity (Wildman–Crippen MR) is 94.9 cm³/mol. The van der Waals surface area contributed by atoms with Gasteiger partial charge in [-0.1, -0.05) is 15.9 Å². The molecule has 0 bridgehead atoms. The number of amides is 1. The number of rotatable bonds is 4. The lowest BCUT2D eigenvalue weighted by Gasteiger charge is -2.29. The van der Waals surface area contributed by atoms with E-state index in [2.05, 4.69) is 26.2 Å². The SMILES string of the molecule is CC(C)(O)CC(=O)Nc1nc2c(C(F)(F)F)cc(Br)cc2n1C1CCC1. The van der Waals surface area contributed by atoms with E-state index in [1.807, 2.05) is 0 Å². The first-order valence-corrected chi connectivity index (χ1v) is 9.06. The summed E-state index contributed by atoms with van der Waals surface area (Å²) < 4.78 is 42.3. The Morgan fingerprint density at radius 2 is 2.04 bits per heavy atom. The van der Waals surface area contributed by atoms with Crippen molar-refractivity contribution in [3.63, 3.8) is 0 Å². The topological polar surface area (TPSA) is 67.2 Å². The van der Waals surface area contributed by atoms with Crippen molar-refractivity contribution in [1.82, 2.24) is 9.55 Å². The molecule has 2 aromatic rings. The summed E-state index contributed by atoms with van der Waals surface area (Å²) >= 11 is 3.14. The van der Waals surface area contributed by atoms with Gasteiger partial charge < -0.3 is 9.67 Å². The fourth-order valence-electron chi connectivity index (χ4n) is 3.04. The van der Waals surface area contributed by atoms with E-state index in [0.717, 1.165) is 25.3 Å². The van der Waals surface area contributed by atoms with E-state index < -0.39 is 23.2 Å². The van der Waals surface area contributed by atoms with Crippen molar-refractivity contribution >= 4 is 38.8 Å². The molecule has 26 heavy (non-hydrogen) atoms. The minimum atomic E-state index is -4.56. The minimum Gasteiger partial charge on any atom is -0.390 e. The molecule has 1 heterocycles. The molecule has 1 aliphatic carbocycles. The van der Waals surface area contributed by atoms with Gasteiger partial charge >= 0.3 is 6.18 Å². The summed E-state index contributed by atoms with van der Waals surface area (Å²) in [5, 5.41) is 12.4. The second-order valence-electron chi connectivity index (χ2n) is 7.25. The summed E-state index contributed by atoms with van der Waals surface area (Å²) in [6.45, 7) is 2.97. The standard InChI is InChI=1S/C17H19BrF3N3O2/c1-16(2,26)8-13(25)22-15-23-14-11(17(19,20)21)6-9(18)7-12(14)24(15)10-4-3-5-10/h6-7,10,26H,3-5,8H2,1-2H3,(H,22,23,25). The van der Waals surface area contributed by atoms with Crippen LogP contribution in [0.15, 0.2) is 16.6 Å². The first-order chi connectivity index (χ1) is 12.0. The number of imidazole rings is 1. The van der Waals surface area contributed by atoms with Crippen molar-refractivity contribution in [3.05, 3.63) is 22.2 Å². The molecule has 1 fully saturated rings. The molecule has 5 nitrogen and oxygen atoms in total. The Bertz CT molecular complexity index is 852. The van der Waals surface area contributed by atoms with Crippen molar-refractivity contribution in [3.8, 4) is 0 Å². The third-order valence-corrected chi connectivity index (χ3v) is 4.81. The smallest absolute Gasteiger partial charge is 0.390 e. The lowest BCUT2D eigenvalue weighted by Crippen LogP contribution is -2.29. The monoisotopic (exact) mass is 433 g/mol. The number of halogens is 4. The number of carbonyl (C=O) groups excluding carboxylic acids is 1. The number of alkyl halides is 3. The Kier molecular flexibility index (Phi) is 4.81. The van der Waals surface area contributed by atoms with Crippen LogP contribution in [0.5, 0.6) is 0 Å². The molecule has 0 spiro atoms. The maximum Gasteiger partial charge on any atom is 0.418 e. The zero-order chi connectivity index (χ0) is 19.3. The van der Waals surface area contributed by atoms with Gasteiger partial charge in [0, 0.05) is 10.5 Å². The number of aliphatic hydroxyl groups is 1. The zero-order valence-electron chi connectivity index (χ0n) is 14.3. The largest absolute Gasteiger partial charge is 0.418 e. The van der Waals surface area contributed by atoms with Gasteiger partial charge in [-0.05, 0) is 45.2 Å². The molecule has 1 amide bonds. The van der Waals surface area contributed by atoms with Crippen molar-refractivity contribution in [2.45, 2.75) is 57.3 Å². The number of anilines is 1. The molecule has 1 aliphatic rings. The molecule has 0 aliphatic heterocycles. The molecule has 0 unspecified atom stereocenters. The highest BCUT2D eigenvalue weighted by molar-refractivity contribution is 9.10. The second kappa shape index (κ2) is 6.53. The van der Waals surface area contributed by atoms with Gasteiger partial charge in [-0.3, -0.25) is 10.1 Å². The van der Waals surface area contributed by atoms with Gasteiger partial charge in [0.15, 0.2) is 0 Å². The maximum absolute atomic E-state index is 13.4. The van der Waals surface area contributed by atoms with Gasteiger partial charge in [0.1, 0.15) is 5.52 Å². The minimum absolute atomic E-state index is 0.00665. The Hall–Kier alpha value is -1.61. The van der Waals surface area contributed by atoms with E-state index in [0.29, 0.717) is 9.99 Å². The Balaban J connectivity index is 2.11. The number of carbonyl (C=O) groups is 1. The molecule has 2 N–H and O–H groups in total. The Morgan fingerprint density at radius 1 is 1.38 bits per heavy atom. The van der Waals surface area contributed by atoms with Gasteiger partial charge in [-0.25, -0.2) is 4.98 Å². The van der Waals surface area contributed by atoms with Gasteiger partial charge in [-0.2, -0.15) is 13.2 Å². The molecular weight excluding hydrogens is 415 g/mol. The molecule has 1 saturated carbocycles. The molecule has 9 heteroatoms. The van der Waals surface area contributed by atoms with Gasteiger partial charge in [0.05, 0.1) is 23.1 Å². The second-order valence-corrected chi connectivity index (χ2v) is 8.16. The maximum atomic E-state index is 13.4. The van der Waals surface area contributed by atoms with Crippen molar-refractivity contribution in [1.29, 1.82) is 0 Å². The third-order valence-electron chi connectivity index (χ3n) is 4.35. The molecule has 0 radical (unpaired) electrons. The summed E-state index contributed by atoms with van der Waals surface area (Å²) in [5.41, 5.74) is -1.93. The highest BCUT2D eigenvalue weighted by Crippen LogP contribution is 2.42. The first kappa shape index (κ1) is 19.2. The lowest BCUT2D eigenvalue weighted by atomic mass is 9.92. The van der Waals surface area contributed by atoms with E-state index in [-0.39, 0.29) is 23.9 Å². The van der Waals surface area contributed by atoms with Gasteiger partial charge in [0.25, 0.3) is 0 Å². The van der Waals surface area contributed by atoms with E-state index in [1.165, 1.54) is 13.8 Å². The van der Waals surface area contributed by atoms with Crippen LogP contribution < -0.4 is 5.32 Å². The van der Waals surface area contributed by atoms with E-state index in [1.54, 1.807) is 10.6 Å². The van der Waals surface area contributed by atoms with Gasteiger partial charge in [0.2, 0.25) is 11.9 Å². The third kappa shape index (κ3) is 3.88. The molecule has 3 rings (SSSR count). The molecular formula is C17H19BrF3N3O2. The molecule has 1 aromatic carbocycles. The number of fused-ring (bicyclic) bond motifs is 1. The molecule has 0 atom stereocenters. The normalized spacial score (nSPS) is 16.0. The van der Waals surface area contributed by atoms with E-state index in [9.17, 15) is 23.1 Å². The first-order valence-electron chi connectivity index (χ1n) is 8.26. The van der Waals surface area contributed by atoms with Crippen LogP contribution in [0.4, 0.5) is 19.1 Å². The molecule has 0 saturated heterocycles. The van der Waals surface area contributed by atoms with E-state index >= 15 is 0 Å². The predicted octanol–water partition coefficient (Wildman–Crippen LogP) is 4.64. The summed E-state index contributed by atoms with van der Waals surface area (Å²) in [7, 11) is 0. The number of nitrogens with zero attached hydrogens (tertiary/aromatic N) is 2. The highest BCUT2D eigenvalue weighted by Gasteiger charge is 2.36. The Morgan fingerprint density at radius 3 is 2.54 bits per heavy atom. The summed E-state index contributed by atoms with van der Waals surface area (Å²) in [6, 6.07) is 2.57. The number of hydrogen-bond acceptors (Lipinski definition) is 3. The van der Waals surface area contributed by atoms with Crippen LogP contribution in [-0.2, 0) is 11.0 Å². The number of nitrogens with one attached hydrogen (secondary N) is 1. The number of benzene rings is 1. The van der Waals surface area contributed by atoms with Crippen LogP contribution >= 0.6 is 15.9 Å². The van der Waals surface area contributed by atoms with Gasteiger partial charge in [-0.15, -0.1) is 0 Å². The highest BCUT2D eigenvalue weighted by atomic mass is 79.9. The van der Waals surface area contributed by atoms with Crippen molar-refractivity contribution in [2.24, 2.45) is 0 Å². The number of aromatic nitrogens is 2. The lowest BCUT2D eigenvalue weighted by molar-refractivity contribution is -0.136. The van der Waals surface area contributed by atoms with Crippen LogP contribution in [0, 0.1) is 0 Å². The zero-order valence-corrected chi connectivity index (χ0v) is 15.9.